The van der Waals surface area contributed by atoms with Crippen molar-refractivity contribution in [2.45, 2.75) is 26.4 Å². The van der Waals surface area contributed by atoms with E-state index in [9.17, 15) is 18.3 Å². The van der Waals surface area contributed by atoms with Gasteiger partial charge in [0.25, 0.3) is 0 Å². The van der Waals surface area contributed by atoms with Crippen LogP contribution >= 0.6 is 0 Å². The van der Waals surface area contributed by atoms with E-state index in [2.05, 4.69) is 15.0 Å². The summed E-state index contributed by atoms with van der Waals surface area (Å²) < 4.78 is 36.2. The normalized spacial score (nSPS) is 12.5. The first-order valence-corrected chi connectivity index (χ1v) is 13.0. The number of aryl methyl sites for hydroxylation is 1. The van der Waals surface area contributed by atoms with Crippen molar-refractivity contribution in [2.75, 3.05) is 37.3 Å². The first kappa shape index (κ1) is 25.5. The van der Waals surface area contributed by atoms with Gasteiger partial charge in [-0.05, 0) is 54.8 Å². The molecule has 1 aromatic heterocycles. The molecule has 0 saturated heterocycles. The van der Waals surface area contributed by atoms with E-state index in [1.54, 1.807) is 31.2 Å². The lowest BCUT2D eigenvalue weighted by Crippen LogP contribution is -2.26. The van der Waals surface area contributed by atoms with Crippen molar-refractivity contribution in [3.8, 4) is 5.75 Å². The smallest absolute Gasteiger partial charge is 0.355 e. The molecular weight excluding hydrogens is 458 g/mol. The predicted molar refractivity (Wildman–Crippen MR) is 132 cm³/mol. The lowest BCUT2D eigenvalue weighted by atomic mass is 10.1. The number of hydrogen-bond acceptors (Lipinski definition) is 7. The van der Waals surface area contributed by atoms with E-state index in [0.29, 0.717) is 48.9 Å². The van der Waals surface area contributed by atoms with Crippen molar-refractivity contribution >= 4 is 32.6 Å². The molecule has 1 heterocycles. The van der Waals surface area contributed by atoms with Crippen LogP contribution < -0.4 is 14.8 Å². The van der Waals surface area contributed by atoms with Gasteiger partial charge in [-0.2, -0.15) is 0 Å². The molecular formula is C24H31N3O6S. The maximum absolute atomic E-state index is 12.2. The molecule has 2 aromatic carbocycles. The molecule has 3 rings (SSSR count). The van der Waals surface area contributed by atoms with E-state index in [0.717, 1.165) is 22.7 Å². The fourth-order valence-electron chi connectivity index (χ4n) is 3.68. The highest BCUT2D eigenvalue weighted by Crippen LogP contribution is 2.27. The Labute approximate surface area is 199 Å². The van der Waals surface area contributed by atoms with Crippen molar-refractivity contribution in [3.05, 3.63) is 59.3 Å². The number of esters is 1. The number of carbonyl (C=O) groups is 1. The molecule has 0 aliphatic carbocycles. The molecule has 0 fully saturated rings. The SMILES string of the molecule is CCOC(=O)c1[nH]c2ccc(OCCNC[C@H](O)c3cccc(NS(C)(=O)=O)c3)cc2c1CC. The number of sulfonamides is 1. The number of fused-ring (bicyclic) bond motifs is 1. The number of hydrogen-bond donors (Lipinski definition) is 4. The molecule has 184 valence electrons. The number of aliphatic hydroxyl groups is 1. The van der Waals surface area contributed by atoms with Gasteiger partial charge in [0, 0.05) is 29.7 Å². The van der Waals surface area contributed by atoms with Gasteiger partial charge in [0.05, 0.1) is 19.0 Å². The standard InChI is InChI=1S/C24H31N3O6S/c1-4-19-20-14-18(9-10-21(20)26-23(19)24(29)32-5-2)33-12-11-25-15-22(28)16-7-6-8-17(13-16)27-34(3,30)31/h6-10,13-14,22,25-28H,4-5,11-12,15H2,1-3H3/t22-/m0/s1. The van der Waals surface area contributed by atoms with Crippen LogP contribution in [-0.2, 0) is 21.2 Å². The maximum atomic E-state index is 12.2. The van der Waals surface area contributed by atoms with Gasteiger partial charge in [-0.3, -0.25) is 4.72 Å². The predicted octanol–water partition coefficient (Wildman–Crippen LogP) is 2.98. The van der Waals surface area contributed by atoms with Crippen LogP contribution in [0.2, 0.25) is 0 Å². The first-order chi connectivity index (χ1) is 16.2. The second-order valence-corrected chi connectivity index (χ2v) is 9.58. The number of aromatic amines is 1. The molecule has 0 unspecified atom stereocenters. The average Bonchev–Trinajstić information content (AvgIpc) is 3.16. The van der Waals surface area contributed by atoms with Crippen molar-refractivity contribution in [1.82, 2.24) is 10.3 Å². The molecule has 3 aromatic rings. The number of carbonyl (C=O) groups excluding carboxylic acids is 1. The summed E-state index contributed by atoms with van der Waals surface area (Å²) in [7, 11) is -3.38. The van der Waals surface area contributed by atoms with E-state index in [1.807, 2.05) is 25.1 Å². The van der Waals surface area contributed by atoms with E-state index in [4.69, 9.17) is 9.47 Å². The summed E-state index contributed by atoms with van der Waals surface area (Å²) in [5, 5.41) is 14.5. The van der Waals surface area contributed by atoms with Crippen LogP contribution in [0.5, 0.6) is 5.75 Å². The number of aliphatic hydroxyl groups excluding tert-OH is 1. The van der Waals surface area contributed by atoms with Crippen LogP contribution in [0.25, 0.3) is 10.9 Å². The molecule has 0 aliphatic rings. The third-order valence-corrected chi connectivity index (χ3v) is 5.78. The average molecular weight is 490 g/mol. The van der Waals surface area contributed by atoms with Crippen molar-refractivity contribution in [3.63, 3.8) is 0 Å². The minimum absolute atomic E-state index is 0.283. The summed E-state index contributed by atoms with van der Waals surface area (Å²) in [4.78, 5) is 15.4. The van der Waals surface area contributed by atoms with Crippen LogP contribution in [-0.4, -0.2) is 57.0 Å². The molecule has 0 bridgehead atoms. The van der Waals surface area contributed by atoms with Gasteiger partial charge in [-0.15, -0.1) is 0 Å². The Balaban J connectivity index is 1.53. The highest BCUT2D eigenvalue weighted by Gasteiger charge is 2.18. The highest BCUT2D eigenvalue weighted by atomic mass is 32.2. The monoisotopic (exact) mass is 489 g/mol. The molecule has 34 heavy (non-hydrogen) atoms. The van der Waals surface area contributed by atoms with Gasteiger partial charge in [0.1, 0.15) is 18.1 Å². The van der Waals surface area contributed by atoms with Crippen LogP contribution in [0.4, 0.5) is 5.69 Å². The summed E-state index contributed by atoms with van der Waals surface area (Å²) in [6.45, 7) is 5.24. The summed E-state index contributed by atoms with van der Waals surface area (Å²) in [6.07, 6.45) is 0.956. The fraction of sp³-hybridized carbons (Fsp3) is 0.375. The number of rotatable bonds is 12. The fourth-order valence-corrected chi connectivity index (χ4v) is 4.24. The Bertz CT molecular complexity index is 1240. The maximum Gasteiger partial charge on any atom is 0.355 e. The van der Waals surface area contributed by atoms with Gasteiger partial charge in [-0.1, -0.05) is 19.1 Å². The number of aromatic nitrogens is 1. The molecule has 0 aliphatic heterocycles. The van der Waals surface area contributed by atoms with E-state index in [-0.39, 0.29) is 12.5 Å². The molecule has 10 heteroatoms. The third-order valence-electron chi connectivity index (χ3n) is 5.17. The number of ether oxygens (including phenoxy) is 2. The van der Waals surface area contributed by atoms with E-state index >= 15 is 0 Å². The summed E-state index contributed by atoms with van der Waals surface area (Å²) in [5.74, 6) is 0.317. The molecule has 0 saturated carbocycles. The van der Waals surface area contributed by atoms with E-state index in [1.165, 1.54) is 0 Å². The molecule has 0 radical (unpaired) electrons. The summed E-state index contributed by atoms with van der Waals surface area (Å²) in [5.41, 5.74) is 3.22. The molecule has 0 spiro atoms. The first-order valence-electron chi connectivity index (χ1n) is 11.1. The Morgan fingerprint density at radius 3 is 2.68 bits per heavy atom. The quantitative estimate of drug-likeness (QED) is 0.227. The van der Waals surface area contributed by atoms with Crippen molar-refractivity contribution in [1.29, 1.82) is 0 Å². The number of benzene rings is 2. The summed E-state index contributed by atoms with van der Waals surface area (Å²) in [6, 6.07) is 12.3. The zero-order valence-corrected chi connectivity index (χ0v) is 20.4. The minimum Gasteiger partial charge on any atom is -0.492 e. The lowest BCUT2D eigenvalue weighted by Gasteiger charge is -2.14. The zero-order chi connectivity index (χ0) is 24.7. The largest absolute Gasteiger partial charge is 0.492 e. The van der Waals surface area contributed by atoms with Crippen molar-refractivity contribution < 1.29 is 27.8 Å². The third kappa shape index (κ3) is 6.72. The second kappa shape index (κ2) is 11.4. The van der Waals surface area contributed by atoms with Gasteiger partial charge in [-0.25, -0.2) is 13.2 Å². The molecule has 9 nitrogen and oxygen atoms in total. The molecule has 0 amide bonds. The second-order valence-electron chi connectivity index (χ2n) is 7.83. The Morgan fingerprint density at radius 1 is 1.18 bits per heavy atom. The zero-order valence-electron chi connectivity index (χ0n) is 19.6. The number of nitrogens with one attached hydrogen (secondary N) is 3. The summed E-state index contributed by atoms with van der Waals surface area (Å²) >= 11 is 0. The van der Waals surface area contributed by atoms with Crippen LogP contribution in [0.3, 0.4) is 0 Å². The van der Waals surface area contributed by atoms with Gasteiger partial charge in [0.2, 0.25) is 10.0 Å². The van der Waals surface area contributed by atoms with Crippen LogP contribution in [0, 0.1) is 0 Å². The lowest BCUT2D eigenvalue weighted by molar-refractivity contribution is 0.0519. The Morgan fingerprint density at radius 2 is 1.97 bits per heavy atom. The minimum atomic E-state index is -3.38. The topological polar surface area (TPSA) is 130 Å². The Hall–Kier alpha value is -3.08. The van der Waals surface area contributed by atoms with Crippen LogP contribution in [0.15, 0.2) is 42.5 Å². The van der Waals surface area contributed by atoms with Gasteiger partial charge >= 0.3 is 5.97 Å². The molecule has 1 atom stereocenters. The highest BCUT2D eigenvalue weighted by molar-refractivity contribution is 7.92. The van der Waals surface area contributed by atoms with Gasteiger partial charge in [0.15, 0.2) is 0 Å². The number of H-pyrrole nitrogens is 1. The van der Waals surface area contributed by atoms with Crippen molar-refractivity contribution in [2.24, 2.45) is 0 Å². The number of anilines is 1. The van der Waals surface area contributed by atoms with E-state index < -0.39 is 16.1 Å². The molecule has 4 N–H and O–H groups in total. The van der Waals surface area contributed by atoms with Crippen LogP contribution in [0.1, 0.15) is 41.6 Å². The van der Waals surface area contributed by atoms with Gasteiger partial charge < -0.3 is 24.9 Å². The Kier molecular flexibility index (Phi) is 8.54.